The number of aliphatic imine (C=N–C) groups is 1. The van der Waals surface area contributed by atoms with Crippen LogP contribution >= 0.6 is 0 Å². The topological polar surface area (TPSA) is 60.0 Å². The Kier molecular flexibility index (Phi) is 8.69. The summed E-state index contributed by atoms with van der Waals surface area (Å²) in [7, 11) is 0. The van der Waals surface area contributed by atoms with Crippen LogP contribution in [0.25, 0.3) is 0 Å². The highest BCUT2D eigenvalue weighted by atomic mass is 19.1. The van der Waals surface area contributed by atoms with Crippen LogP contribution in [0, 0.1) is 17.7 Å². The van der Waals surface area contributed by atoms with Crippen molar-refractivity contribution in [3.8, 4) is 0 Å². The van der Waals surface area contributed by atoms with Gasteiger partial charge in [-0.2, -0.15) is 0 Å². The van der Waals surface area contributed by atoms with Crippen LogP contribution in [0.15, 0.2) is 29.3 Å². The monoisotopic (exact) mass is 431 g/mol. The molecule has 1 aromatic rings. The summed E-state index contributed by atoms with van der Waals surface area (Å²) in [6, 6.07) is 7.30. The number of carbonyl (C=O) groups is 1. The number of hydrogen-bond donors (Lipinski definition) is 2. The Hall–Kier alpha value is -2.15. The fraction of sp³-hybridized carbons (Fsp3) is 0.667. The number of halogens is 1. The van der Waals surface area contributed by atoms with E-state index in [0.717, 1.165) is 70.1 Å². The molecule has 7 heteroatoms. The molecule has 6 nitrogen and oxygen atoms in total. The molecule has 1 atom stereocenters. The number of likely N-dealkylation sites (tertiary alicyclic amines) is 2. The van der Waals surface area contributed by atoms with E-state index in [4.69, 9.17) is 4.99 Å². The Bertz CT molecular complexity index is 745. The molecule has 1 aromatic carbocycles. The van der Waals surface area contributed by atoms with E-state index in [1.165, 1.54) is 6.07 Å². The van der Waals surface area contributed by atoms with Crippen LogP contribution in [0.3, 0.4) is 0 Å². The van der Waals surface area contributed by atoms with Crippen LogP contribution < -0.4 is 10.6 Å². The summed E-state index contributed by atoms with van der Waals surface area (Å²) in [4.78, 5) is 21.4. The molecule has 0 radical (unpaired) electrons. The lowest BCUT2D eigenvalue weighted by atomic mass is 9.96. The molecule has 2 N–H and O–H groups in total. The van der Waals surface area contributed by atoms with Crippen LogP contribution in [0.2, 0.25) is 0 Å². The number of amides is 1. The van der Waals surface area contributed by atoms with Gasteiger partial charge in [-0.05, 0) is 51.3 Å². The van der Waals surface area contributed by atoms with Gasteiger partial charge in [-0.25, -0.2) is 4.39 Å². The van der Waals surface area contributed by atoms with E-state index in [2.05, 4.69) is 22.5 Å². The first kappa shape index (κ1) is 23.5. The molecule has 2 aliphatic heterocycles. The molecule has 31 heavy (non-hydrogen) atoms. The second kappa shape index (κ2) is 11.5. The van der Waals surface area contributed by atoms with Gasteiger partial charge in [0.1, 0.15) is 5.82 Å². The number of nitrogens with zero attached hydrogens (tertiary/aromatic N) is 3. The highest BCUT2D eigenvalue weighted by molar-refractivity contribution is 5.81. The Morgan fingerprint density at radius 1 is 1.19 bits per heavy atom. The Balaban J connectivity index is 1.45. The fourth-order valence-corrected chi connectivity index (χ4v) is 4.37. The summed E-state index contributed by atoms with van der Waals surface area (Å²) < 4.78 is 13.9. The van der Waals surface area contributed by atoms with E-state index in [-0.39, 0.29) is 23.7 Å². The number of hydrogen-bond acceptors (Lipinski definition) is 3. The van der Waals surface area contributed by atoms with Gasteiger partial charge in [-0.15, -0.1) is 0 Å². The fourth-order valence-electron chi connectivity index (χ4n) is 4.37. The van der Waals surface area contributed by atoms with Crippen LogP contribution in [0.4, 0.5) is 4.39 Å². The van der Waals surface area contributed by atoms with Crippen molar-refractivity contribution in [3.63, 3.8) is 0 Å². The SMILES string of the molecule is CCNC(=NCC1CCN(Cc2ccccc2F)CC1)NC1CCN(C(=O)C(C)C)C1. The van der Waals surface area contributed by atoms with Gasteiger partial charge in [0.05, 0.1) is 0 Å². The van der Waals surface area contributed by atoms with Gasteiger partial charge < -0.3 is 15.5 Å². The van der Waals surface area contributed by atoms with Crippen molar-refractivity contribution >= 4 is 11.9 Å². The predicted molar refractivity (Wildman–Crippen MR) is 123 cm³/mol. The maximum atomic E-state index is 13.9. The third-order valence-corrected chi connectivity index (χ3v) is 6.25. The molecule has 1 amide bonds. The standard InChI is InChI=1S/C24H38FN5O/c1-4-26-24(28-21-11-14-30(17-21)23(31)18(2)3)27-15-19-9-12-29(13-10-19)16-20-7-5-6-8-22(20)25/h5-8,18-19,21H,4,9-17H2,1-3H3,(H2,26,27,28). The molecule has 1 unspecified atom stereocenters. The molecule has 0 bridgehead atoms. The van der Waals surface area contributed by atoms with Crippen molar-refractivity contribution in [3.05, 3.63) is 35.6 Å². The van der Waals surface area contributed by atoms with E-state index in [1.807, 2.05) is 30.9 Å². The minimum Gasteiger partial charge on any atom is -0.357 e. The minimum absolute atomic E-state index is 0.0462. The lowest BCUT2D eigenvalue weighted by molar-refractivity contribution is -0.133. The summed E-state index contributed by atoms with van der Waals surface area (Å²) in [5.74, 6) is 1.56. The molecule has 0 aliphatic carbocycles. The van der Waals surface area contributed by atoms with Gasteiger partial charge in [0, 0.05) is 50.2 Å². The maximum Gasteiger partial charge on any atom is 0.225 e. The van der Waals surface area contributed by atoms with Gasteiger partial charge in [0.25, 0.3) is 0 Å². The normalized spacial score (nSPS) is 21.0. The van der Waals surface area contributed by atoms with E-state index in [0.29, 0.717) is 12.5 Å². The van der Waals surface area contributed by atoms with Crippen LogP contribution in [0.1, 0.15) is 45.6 Å². The van der Waals surface area contributed by atoms with Crippen LogP contribution in [-0.2, 0) is 11.3 Å². The first-order chi connectivity index (χ1) is 15.0. The quantitative estimate of drug-likeness (QED) is 0.515. The summed E-state index contributed by atoms with van der Waals surface area (Å²) in [5, 5.41) is 6.87. The lowest BCUT2D eigenvalue weighted by Gasteiger charge is -2.31. The molecular formula is C24H38FN5O. The van der Waals surface area contributed by atoms with E-state index >= 15 is 0 Å². The number of piperidine rings is 1. The van der Waals surface area contributed by atoms with Crippen LogP contribution in [0.5, 0.6) is 0 Å². The van der Waals surface area contributed by atoms with Crippen LogP contribution in [-0.4, -0.2) is 67.0 Å². The molecule has 2 heterocycles. The molecule has 0 spiro atoms. The maximum absolute atomic E-state index is 13.9. The largest absolute Gasteiger partial charge is 0.357 e. The minimum atomic E-state index is -0.115. The third-order valence-electron chi connectivity index (χ3n) is 6.25. The third kappa shape index (κ3) is 6.92. The number of benzene rings is 1. The molecule has 3 rings (SSSR count). The molecule has 0 saturated carbocycles. The van der Waals surface area contributed by atoms with Gasteiger partial charge in [0.15, 0.2) is 5.96 Å². The van der Waals surface area contributed by atoms with E-state index in [1.54, 1.807) is 6.07 Å². The average Bonchev–Trinajstić information content (AvgIpc) is 3.22. The van der Waals surface area contributed by atoms with Gasteiger partial charge in [0.2, 0.25) is 5.91 Å². The van der Waals surface area contributed by atoms with Gasteiger partial charge >= 0.3 is 0 Å². The van der Waals surface area contributed by atoms with Crippen molar-refractivity contribution in [1.82, 2.24) is 20.4 Å². The molecular weight excluding hydrogens is 393 g/mol. The molecule has 172 valence electrons. The smallest absolute Gasteiger partial charge is 0.225 e. The molecule has 2 aliphatic rings. The summed E-state index contributed by atoms with van der Waals surface area (Å²) in [6.07, 6.45) is 3.12. The first-order valence-corrected chi connectivity index (χ1v) is 11.8. The highest BCUT2D eigenvalue weighted by Crippen LogP contribution is 2.20. The van der Waals surface area contributed by atoms with Crippen molar-refractivity contribution in [1.29, 1.82) is 0 Å². The van der Waals surface area contributed by atoms with E-state index < -0.39 is 0 Å². The van der Waals surface area contributed by atoms with Crippen molar-refractivity contribution < 1.29 is 9.18 Å². The molecule has 2 saturated heterocycles. The second-order valence-corrected chi connectivity index (χ2v) is 9.10. The summed E-state index contributed by atoms with van der Waals surface area (Å²) in [6.45, 7) is 11.8. The zero-order valence-corrected chi connectivity index (χ0v) is 19.2. The Labute approximate surface area is 186 Å². The van der Waals surface area contributed by atoms with Crippen molar-refractivity contribution in [2.75, 3.05) is 39.3 Å². The number of guanidine groups is 1. The zero-order valence-electron chi connectivity index (χ0n) is 19.2. The van der Waals surface area contributed by atoms with Crippen molar-refractivity contribution in [2.45, 2.75) is 52.6 Å². The first-order valence-electron chi connectivity index (χ1n) is 11.8. The Morgan fingerprint density at radius 3 is 2.61 bits per heavy atom. The van der Waals surface area contributed by atoms with Gasteiger partial charge in [-0.3, -0.25) is 14.7 Å². The Morgan fingerprint density at radius 2 is 1.94 bits per heavy atom. The highest BCUT2D eigenvalue weighted by Gasteiger charge is 2.28. The predicted octanol–water partition coefficient (Wildman–Crippen LogP) is 2.85. The van der Waals surface area contributed by atoms with Crippen molar-refractivity contribution in [2.24, 2.45) is 16.8 Å². The second-order valence-electron chi connectivity index (χ2n) is 9.10. The summed E-state index contributed by atoms with van der Waals surface area (Å²) in [5.41, 5.74) is 0.777. The lowest BCUT2D eigenvalue weighted by Crippen LogP contribution is -2.45. The van der Waals surface area contributed by atoms with E-state index in [9.17, 15) is 9.18 Å². The zero-order chi connectivity index (χ0) is 22.2. The molecule has 0 aromatic heterocycles. The summed E-state index contributed by atoms with van der Waals surface area (Å²) >= 11 is 0. The average molecular weight is 432 g/mol. The number of carbonyl (C=O) groups excluding carboxylic acids is 1. The molecule has 2 fully saturated rings. The number of rotatable bonds is 7. The number of nitrogens with one attached hydrogen (secondary N) is 2. The van der Waals surface area contributed by atoms with Gasteiger partial charge in [-0.1, -0.05) is 32.0 Å².